The maximum Gasteiger partial charge on any atom is 0.419 e. The van der Waals surface area contributed by atoms with Crippen LogP contribution in [0.1, 0.15) is 16.7 Å². The molecule has 3 aromatic rings. The minimum absolute atomic E-state index is 0.0882. The van der Waals surface area contributed by atoms with Gasteiger partial charge in [-0.05, 0) is 49.6 Å². The molecule has 1 N–H and O–H groups in total. The number of anilines is 1. The minimum Gasteiger partial charge on any atom is -0.408 e. The lowest BCUT2D eigenvalue weighted by Gasteiger charge is -2.13. The van der Waals surface area contributed by atoms with Gasteiger partial charge in [0.1, 0.15) is 0 Å². The van der Waals surface area contributed by atoms with Crippen LogP contribution in [0.3, 0.4) is 0 Å². The molecule has 6 nitrogen and oxygen atoms in total. The molecule has 0 aliphatic rings. The summed E-state index contributed by atoms with van der Waals surface area (Å²) in [5.74, 6) is -0.526. The minimum atomic E-state index is -3.80. The van der Waals surface area contributed by atoms with Crippen LogP contribution in [0.4, 0.5) is 5.69 Å². The number of hydrogen-bond acceptors (Lipinski definition) is 4. The molecule has 7 heteroatoms. The zero-order chi connectivity index (χ0) is 17.6. The molecule has 0 spiro atoms. The van der Waals surface area contributed by atoms with Gasteiger partial charge in [-0.3, -0.25) is 9.29 Å². The van der Waals surface area contributed by atoms with Crippen molar-refractivity contribution in [3.63, 3.8) is 0 Å². The zero-order valence-electron chi connectivity index (χ0n) is 13.9. The molecule has 0 saturated heterocycles. The fourth-order valence-corrected chi connectivity index (χ4v) is 3.98. The average molecular weight is 346 g/mol. The third kappa shape index (κ3) is 2.60. The van der Waals surface area contributed by atoms with Crippen molar-refractivity contribution in [2.45, 2.75) is 25.7 Å². The fraction of sp³-hybridized carbons (Fsp3) is 0.235. The first-order valence-electron chi connectivity index (χ1n) is 7.40. The van der Waals surface area contributed by atoms with Crippen LogP contribution in [0, 0.1) is 20.8 Å². The molecule has 126 valence electrons. The number of fused-ring (bicyclic) bond motifs is 1. The number of rotatable bonds is 3. The number of sulfonamides is 1. The summed E-state index contributed by atoms with van der Waals surface area (Å²) < 4.78 is 34.6. The highest BCUT2D eigenvalue weighted by Crippen LogP contribution is 2.26. The molecule has 24 heavy (non-hydrogen) atoms. The monoisotopic (exact) mass is 346 g/mol. The van der Waals surface area contributed by atoms with Crippen LogP contribution in [-0.2, 0) is 17.1 Å². The third-order valence-electron chi connectivity index (χ3n) is 4.23. The Labute approximate surface area is 139 Å². The van der Waals surface area contributed by atoms with Crippen molar-refractivity contribution in [2.75, 3.05) is 4.72 Å². The summed E-state index contributed by atoms with van der Waals surface area (Å²) in [7, 11) is -2.22. The molecule has 0 atom stereocenters. The summed E-state index contributed by atoms with van der Waals surface area (Å²) >= 11 is 0. The first kappa shape index (κ1) is 16.3. The van der Waals surface area contributed by atoms with Crippen molar-refractivity contribution < 1.29 is 12.8 Å². The Morgan fingerprint density at radius 3 is 2.50 bits per heavy atom. The second-order valence-electron chi connectivity index (χ2n) is 5.87. The molecule has 1 heterocycles. The van der Waals surface area contributed by atoms with Gasteiger partial charge >= 0.3 is 5.76 Å². The maximum atomic E-state index is 12.8. The smallest absolute Gasteiger partial charge is 0.408 e. The van der Waals surface area contributed by atoms with Crippen LogP contribution in [0.5, 0.6) is 0 Å². The van der Waals surface area contributed by atoms with E-state index in [4.69, 9.17) is 4.42 Å². The van der Waals surface area contributed by atoms with Crippen LogP contribution in [0.15, 0.2) is 44.4 Å². The standard InChI is InChI=1S/C17H18N2O4S/c1-10-6-5-7-13(12(10)3)18-24(21,22)16-9-15-14(8-11(16)2)19(4)17(20)23-15/h5-9,18H,1-4H3. The molecule has 1 aromatic heterocycles. The van der Waals surface area contributed by atoms with Crippen LogP contribution in [0.25, 0.3) is 11.1 Å². The van der Waals surface area contributed by atoms with Crippen molar-refractivity contribution >= 4 is 26.8 Å². The molecule has 0 bridgehead atoms. The summed E-state index contributed by atoms with van der Waals surface area (Å²) in [6, 6.07) is 8.46. The van der Waals surface area contributed by atoms with E-state index >= 15 is 0 Å². The van der Waals surface area contributed by atoms with Gasteiger partial charge in [0.15, 0.2) is 5.58 Å². The number of aryl methyl sites for hydroxylation is 3. The first-order valence-corrected chi connectivity index (χ1v) is 8.88. The quantitative estimate of drug-likeness (QED) is 0.791. The zero-order valence-corrected chi connectivity index (χ0v) is 14.7. The Bertz CT molecular complexity index is 1110. The summed E-state index contributed by atoms with van der Waals surface area (Å²) in [4.78, 5) is 11.7. The lowest BCUT2D eigenvalue weighted by atomic mass is 10.1. The molecule has 0 amide bonds. The van der Waals surface area contributed by atoms with E-state index in [1.165, 1.54) is 10.6 Å². The lowest BCUT2D eigenvalue weighted by molar-refractivity contribution is 0.527. The Kier molecular flexibility index (Phi) is 3.76. The number of aromatic nitrogens is 1. The van der Waals surface area contributed by atoms with Crippen LogP contribution >= 0.6 is 0 Å². The van der Waals surface area contributed by atoms with Crippen LogP contribution < -0.4 is 10.5 Å². The topological polar surface area (TPSA) is 81.3 Å². The summed E-state index contributed by atoms with van der Waals surface area (Å²) in [5, 5.41) is 0. The Morgan fingerprint density at radius 1 is 1.08 bits per heavy atom. The van der Waals surface area contributed by atoms with E-state index in [0.29, 0.717) is 16.8 Å². The Morgan fingerprint density at radius 2 is 1.79 bits per heavy atom. The van der Waals surface area contributed by atoms with E-state index in [1.54, 1.807) is 32.2 Å². The highest BCUT2D eigenvalue weighted by molar-refractivity contribution is 7.92. The van der Waals surface area contributed by atoms with Crippen molar-refractivity contribution in [2.24, 2.45) is 7.05 Å². The van der Waals surface area contributed by atoms with Crippen molar-refractivity contribution in [3.05, 3.63) is 57.6 Å². The molecule has 2 aromatic carbocycles. The molecule has 0 saturated carbocycles. The summed E-state index contributed by atoms with van der Waals surface area (Å²) in [6.07, 6.45) is 0. The van der Waals surface area contributed by atoms with Crippen molar-refractivity contribution in [3.8, 4) is 0 Å². The number of oxazole rings is 1. The predicted molar refractivity (Wildman–Crippen MR) is 92.9 cm³/mol. The lowest BCUT2D eigenvalue weighted by Crippen LogP contribution is -2.15. The molecule has 0 radical (unpaired) electrons. The fourth-order valence-electron chi connectivity index (χ4n) is 2.61. The predicted octanol–water partition coefficient (Wildman–Crippen LogP) is 2.86. The highest BCUT2D eigenvalue weighted by Gasteiger charge is 2.21. The maximum absolute atomic E-state index is 12.8. The third-order valence-corrected chi connectivity index (χ3v) is 5.73. The van der Waals surface area contributed by atoms with Gasteiger partial charge in [0.25, 0.3) is 10.0 Å². The van der Waals surface area contributed by atoms with Gasteiger partial charge in [0.05, 0.1) is 16.1 Å². The van der Waals surface area contributed by atoms with E-state index in [0.717, 1.165) is 11.1 Å². The molecule has 3 rings (SSSR count). The molecule has 0 fully saturated rings. The largest absolute Gasteiger partial charge is 0.419 e. The van der Waals surface area contributed by atoms with Crippen molar-refractivity contribution in [1.29, 1.82) is 0 Å². The number of benzene rings is 2. The van der Waals surface area contributed by atoms with Gasteiger partial charge in [0, 0.05) is 13.1 Å². The normalized spacial score (nSPS) is 11.8. The summed E-state index contributed by atoms with van der Waals surface area (Å²) in [5.41, 5.74) is 3.74. The van der Waals surface area contributed by atoms with Crippen molar-refractivity contribution in [1.82, 2.24) is 4.57 Å². The number of hydrogen-bond donors (Lipinski definition) is 1. The van der Waals surface area contributed by atoms with Crippen LogP contribution in [0.2, 0.25) is 0 Å². The van der Waals surface area contributed by atoms with Gasteiger partial charge < -0.3 is 4.42 Å². The van der Waals surface area contributed by atoms with E-state index in [9.17, 15) is 13.2 Å². The molecule has 0 aliphatic carbocycles. The highest BCUT2D eigenvalue weighted by atomic mass is 32.2. The van der Waals surface area contributed by atoms with Gasteiger partial charge in [-0.15, -0.1) is 0 Å². The number of nitrogens with one attached hydrogen (secondary N) is 1. The Hall–Kier alpha value is -2.54. The van der Waals surface area contributed by atoms with E-state index in [2.05, 4.69) is 4.72 Å². The van der Waals surface area contributed by atoms with Gasteiger partial charge in [-0.1, -0.05) is 12.1 Å². The van der Waals surface area contributed by atoms with Gasteiger partial charge in [-0.25, -0.2) is 13.2 Å². The van der Waals surface area contributed by atoms with Gasteiger partial charge in [-0.2, -0.15) is 0 Å². The molecular formula is C17H18N2O4S. The first-order chi connectivity index (χ1) is 11.2. The van der Waals surface area contributed by atoms with E-state index in [-0.39, 0.29) is 10.5 Å². The molecule has 0 aliphatic heterocycles. The Balaban J connectivity index is 2.13. The second kappa shape index (κ2) is 5.52. The van der Waals surface area contributed by atoms with E-state index < -0.39 is 15.8 Å². The van der Waals surface area contributed by atoms with Crippen LogP contribution in [-0.4, -0.2) is 13.0 Å². The van der Waals surface area contributed by atoms with E-state index in [1.807, 2.05) is 19.9 Å². The van der Waals surface area contributed by atoms with Gasteiger partial charge in [0.2, 0.25) is 0 Å². The summed E-state index contributed by atoms with van der Waals surface area (Å²) in [6.45, 7) is 5.47. The molecular weight excluding hydrogens is 328 g/mol. The SMILES string of the molecule is Cc1cc2c(cc1S(=O)(=O)Nc1cccc(C)c1C)oc(=O)n2C. The molecule has 0 unspecified atom stereocenters. The number of nitrogens with zero attached hydrogens (tertiary/aromatic N) is 1. The average Bonchev–Trinajstić information content (AvgIpc) is 2.78. The second-order valence-corrected chi connectivity index (χ2v) is 7.52.